The van der Waals surface area contributed by atoms with E-state index in [1.54, 1.807) is 0 Å². The zero-order valence-electron chi connectivity index (χ0n) is 21.8. The Kier molecular flexibility index (Phi) is 26.2. The van der Waals surface area contributed by atoms with Crippen LogP contribution in [0.3, 0.4) is 0 Å². The SMILES string of the molecule is CCCCC(O)CCCCCCCCCCCCCCCCCCCCCCCC(=O)O. The molecule has 2 N–H and O–H groups in total. The summed E-state index contributed by atoms with van der Waals surface area (Å²) in [5.74, 6) is -0.655. The number of aliphatic hydroxyl groups is 1. The molecule has 0 rings (SSSR count). The van der Waals surface area contributed by atoms with Gasteiger partial charge in [-0.3, -0.25) is 4.79 Å². The summed E-state index contributed by atoms with van der Waals surface area (Å²) in [4.78, 5) is 10.4. The van der Waals surface area contributed by atoms with Crippen molar-refractivity contribution in [1.82, 2.24) is 0 Å². The molecule has 0 amide bonds. The predicted octanol–water partition coefficient (Wildman–Crippen LogP) is 9.59. The van der Waals surface area contributed by atoms with Gasteiger partial charge in [0.25, 0.3) is 0 Å². The molecule has 3 nitrogen and oxygen atoms in total. The molecule has 192 valence electrons. The number of aliphatic hydroxyl groups excluding tert-OH is 1. The molecule has 0 radical (unpaired) electrons. The van der Waals surface area contributed by atoms with Crippen molar-refractivity contribution in [3.63, 3.8) is 0 Å². The molecule has 0 aliphatic rings. The summed E-state index contributed by atoms with van der Waals surface area (Å²) < 4.78 is 0. The average Bonchev–Trinajstić information content (AvgIpc) is 2.78. The summed E-state index contributed by atoms with van der Waals surface area (Å²) in [6, 6.07) is 0. The van der Waals surface area contributed by atoms with Gasteiger partial charge in [-0.2, -0.15) is 0 Å². The van der Waals surface area contributed by atoms with E-state index in [9.17, 15) is 9.90 Å². The minimum absolute atomic E-state index is 0.0471. The highest BCUT2D eigenvalue weighted by Crippen LogP contribution is 2.16. The Hall–Kier alpha value is -0.570. The number of aliphatic carboxylic acids is 1. The van der Waals surface area contributed by atoms with Gasteiger partial charge in [0.15, 0.2) is 0 Å². The summed E-state index contributed by atoms with van der Waals surface area (Å²) in [7, 11) is 0. The quantitative estimate of drug-likeness (QED) is 0.121. The van der Waals surface area contributed by atoms with Crippen molar-refractivity contribution in [3.8, 4) is 0 Å². The summed E-state index contributed by atoms with van der Waals surface area (Å²) in [6.45, 7) is 2.19. The lowest BCUT2D eigenvalue weighted by Crippen LogP contribution is -2.05. The van der Waals surface area contributed by atoms with Crippen molar-refractivity contribution in [2.24, 2.45) is 0 Å². The van der Waals surface area contributed by atoms with Crippen molar-refractivity contribution in [3.05, 3.63) is 0 Å². The lowest BCUT2D eigenvalue weighted by molar-refractivity contribution is -0.137. The number of carboxylic acid groups (broad SMARTS) is 1. The van der Waals surface area contributed by atoms with E-state index in [-0.39, 0.29) is 6.10 Å². The van der Waals surface area contributed by atoms with Gasteiger partial charge in [0, 0.05) is 6.42 Å². The fourth-order valence-corrected chi connectivity index (χ4v) is 4.60. The first-order valence-corrected chi connectivity index (χ1v) is 14.6. The Labute approximate surface area is 201 Å². The van der Waals surface area contributed by atoms with Crippen LogP contribution in [0.15, 0.2) is 0 Å². The molecule has 0 bridgehead atoms. The van der Waals surface area contributed by atoms with Crippen LogP contribution in [-0.2, 0) is 4.79 Å². The van der Waals surface area contributed by atoms with Gasteiger partial charge in [-0.25, -0.2) is 0 Å². The van der Waals surface area contributed by atoms with Crippen LogP contribution >= 0.6 is 0 Å². The van der Waals surface area contributed by atoms with Crippen LogP contribution in [-0.4, -0.2) is 22.3 Å². The third-order valence-electron chi connectivity index (χ3n) is 6.82. The minimum atomic E-state index is -0.655. The molecule has 0 saturated heterocycles. The van der Waals surface area contributed by atoms with Gasteiger partial charge >= 0.3 is 5.97 Å². The van der Waals surface area contributed by atoms with Crippen LogP contribution in [0.1, 0.15) is 174 Å². The maximum Gasteiger partial charge on any atom is 0.303 e. The Balaban J connectivity index is 3.06. The topological polar surface area (TPSA) is 57.5 Å². The normalized spacial score (nSPS) is 12.3. The molecule has 0 saturated carbocycles. The van der Waals surface area contributed by atoms with Crippen LogP contribution in [0.4, 0.5) is 0 Å². The van der Waals surface area contributed by atoms with E-state index in [2.05, 4.69) is 6.92 Å². The molecule has 0 aromatic rings. The van der Waals surface area contributed by atoms with E-state index in [1.165, 1.54) is 135 Å². The fraction of sp³-hybridized carbons (Fsp3) is 0.966. The molecule has 0 aromatic heterocycles. The van der Waals surface area contributed by atoms with Crippen LogP contribution < -0.4 is 0 Å². The molecule has 1 unspecified atom stereocenters. The lowest BCUT2D eigenvalue weighted by atomic mass is 10.0. The second-order valence-electron chi connectivity index (χ2n) is 10.2. The minimum Gasteiger partial charge on any atom is -0.481 e. The van der Waals surface area contributed by atoms with Gasteiger partial charge < -0.3 is 10.2 Å². The van der Waals surface area contributed by atoms with E-state index in [0.29, 0.717) is 6.42 Å². The largest absolute Gasteiger partial charge is 0.481 e. The summed E-state index contributed by atoms with van der Waals surface area (Å²) in [5, 5.41) is 18.4. The Morgan fingerprint density at radius 3 is 1.09 bits per heavy atom. The number of hydrogen-bond donors (Lipinski definition) is 2. The predicted molar refractivity (Wildman–Crippen MR) is 139 cm³/mol. The lowest BCUT2D eigenvalue weighted by Gasteiger charge is -2.09. The maximum absolute atomic E-state index is 10.4. The van der Waals surface area contributed by atoms with Crippen molar-refractivity contribution in [2.45, 2.75) is 180 Å². The molecule has 0 aliphatic carbocycles. The number of carbonyl (C=O) groups is 1. The second kappa shape index (κ2) is 26.7. The summed E-state index contributed by atoms with van der Waals surface area (Å²) in [5.41, 5.74) is 0. The Morgan fingerprint density at radius 1 is 0.500 bits per heavy atom. The van der Waals surface area contributed by atoms with Crippen molar-refractivity contribution < 1.29 is 15.0 Å². The zero-order chi connectivity index (χ0) is 23.5. The third kappa shape index (κ3) is 27.5. The monoisotopic (exact) mass is 454 g/mol. The molecular weight excluding hydrogens is 396 g/mol. The van der Waals surface area contributed by atoms with Crippen LogP contribution in [0.2, 0.25) is 0 Å². The van der Waals surface area contributed by atoms with E-state index < -0.39 is 5.97 Å². The summed E-state index contributed by atoms with van der Waals surface area (Å²) in [6.07, 6.45) is 32.6. The van der Waals surface area contributed by atoms with Crippen LogP contribution in [0.5, 0.6) is 0 Å². The van der Waals surface area contributed by atoms with Crippen molar-refractivity contribution in [2.75, 3.05) is 0 Å². The highest BCUT2D eigenvalue weighted by molar-refractivity contribution is 5.66. The zero-order valence-corrected chi connectivity index (χ0v) is 21.8. The molecule has 0 spiro atoms. The number of hydrogen-bond acceptors (Lipinski definition) is 2. The summed E-state index contributed by atoms with van der Waals surface area (Å²) >= 11 is 0. The van der Waals surface area contributed by atoms with Gasteiger partial charge in [0.1, 0.15) is 0 Å². The maximum atomic E-state index is 10.4. The van der Waals surface area contributed by atoms with Gasteiger partial charge in [-0.05, 0) is 19.3 Å². The first kappa shape index (κ1) is 31.4. The van der Waals surface area contributed by atoms with Crippen LogP contribution in [0, 0.1) is 0 Å². The molecule has 32 heavy (non-hydrogen) atoms. The van der Waals surface area contributed by atoms with Gasteiger partial charge in [0.05, 0.1) is 6.10 Å². The van der Waals surface area contributed by atoms with E-state index in [1.807, 2.05) is 0 Å². The molecule has 1 atom stereocenters. The van der Waals surface area contributed by atoms with Gasteiger partial charge in [0.2, 0.25) is 0 Å². The Morgan fingerprint density at radius 2 is 0.781 bits per heavy atom. The average molecular weight is 455 g/mol. The first-order chi connectivity index (χ1) is 15.7. The van der Waals surface area contributed by atoms with E-state index >= 15 is 0 Å². The van der Waals surface area contributed by atoms with Crippen LogP contribution in [0.25, 0.3) is 0 Å². The molecule has 0 aliphatic heterocycles. The molecular formula is C29H58O3. The van der Waals surface area contributed by atoms with E-state index in [0.717, 1.165) is 25.7 Å². The fourth-order valence-electron chi connectivity index (χ4n) is 4.60. The number of unbranched alkanes of at least 4 members (excludes halogenated alkanes) is 21. The molecule has 0 heterocycles. The Bertz CT molecular complexity index is 369. The molecule has 0 fully saturated rings. The smallest absolute Gasteiger partial charge is 0.303 e. The first-order valence-electron chi connectivity index (χ1n) is 14.6. The number of rotatable bonds is 27. The van der Waals surface area contributed by atoms with E-state index in [4.69, 9.17) is 5.11 Å². The van der Waals surface area contributed by atoms with Gasteiger partial charge in [-0.15, -0.1) is 0 Å². The molecule has 0 aromatic carbocycles. The highest BCUT2D eigenvalue weighted by Gasteiger charge is 2.02. The third-order valence-corrected chi connectivity index (χ3v) is 6.82. The van der Waals surface area contributed by atoms with Gasteiger partial charge in [-0.1, -0.05) is 148 Å². The number of carboxylic acids is 1. The molecule has 3 heteroatoms. The van der Waals surface area contributed by atoms with Crippen molar-refractivity contribution in [1.29, 1.82) is 0 Å². The van der Waals surface area contributed by atoms with Crippen molar-refractivity contribution >= 4 is 5.97 Å². The second-order valence-corrected chi connectivity index (χ2v) is 10.2. The standard InChI is InChI=1S/C29H58O3/c1-2-3-25-28(30)26-23-21-19-17-15-13-11-9-7-5-4-6-8-10-12-14-16-18-20-22-24-27-29(31)32/h28,30H,2-27H2,1H3,(H,31,32). The highest BCUT2D eigenvalue weighted by atomic mass is 16.4.